The average molecular weight is 321 g/mol. The first-order valence-electron chi connectivity index (χ1n) is 8.28. The highest BCUT2D eigenvalue weighted by Gasteiger charge is 2.42. The number of amides is 2. The van der Waals surface area contributed by atoms with Crippen molar-refractivity contribution < 1.29 is 9.59 Å². The molecule has 0 unspecified atom stereocenters. The molecule has 0 aliphatic carbocycles. The standard InChI is InChI=1S/C19H19N3O2/c23-17-15-6-2-1-5-14(15)8-9-19(21-17)10-12-22(13-19)18(24)16-7-3-4-11-20-16/h1-7,11H,8-10,12-13H2,(H,21,23)/t19-/m0/s1. The lowest BCUT2D eigenvalue weighted by Gasteiger charge is -2.28. The fourth-order valence-electron chi connectivity index (χ4n) is 3.71. The van der Waals surface area contributed by atoms with Gasteiger partial charge in [-0.15, -0.1) is 0 Å². The van der Waals surface area contributed by atoms with Crippen molar-refractivity contribution in [3.63, 3.8) is 0 Å². The average Bonchev–Trinajstić information content (AvgIpc) is 2.98. The predicted octanol–water partition coefficient (Wildman–Crippen LogP) is 2.04. The SMILES string of the molecule is O=C1N[C@@]2(CCc3ccccc31)CCN(C(=O)c1ccccn1)C2. The Balaban J connectivity index is 1.54. The Morgan fingerprint density at radius 3 is 2.79 bits per heavy atom. The van der Waals surface area contributed by atoms with Crippen LogP contribution in [0.5, 0.6) is 0 Å². The van der Waals surface area contributed by atoms with E-state index < -0.39 is 0 Å². The largest absolute Gasteiger partial charge is 0.345 e. The number of carbonyl (C=O) groups excluding carboxylic acids is 2. The summed E-state index contributed by atoms with van der Waals surface area (Å²) < 4.78 is 0. The van der Waals surface area contributed by atoms with E-state index in [-0.39, 0.29) is 17.4 Å². The summed E-state index contributed by atoms with van der Waals surface area (Å²) in [5.74, 6) is -0.0984. The van der Waals surface area contributed by atoms with Crippen LogP contribution in [0.25, 0.3) is 0 Å². The second-order valence-corrected chi connectivity index (χ2v) is 6.58. The Hall–Kier alpha value is -2.69. The molecule has 1 N–H and O–H groups in total. The van der Waals surface area contributed by atoms with Crippen molar-refractivity contribution in [3.05, 3.63) is 65.5 Å². The number of carbonyl (C=O) groups is 2. The third-order valence-electron chi connectivity index (χ3n) is 5.04. The second kappa shape index (κ2) is 5.74. The van der Waals surface area contributed by atoms with Gasteiger partial charge in [-0.2, -0.15) is 0 Å². The molecule has 1 aromatic heterocycles. The Labute approximate surface area is 140 Å². The molecule has 0 saturated carbocycles. The van der Waals surface area contributed by atoms with Crippen molar-refractivity contribution >= 4 is 11.8 Å². The number of aryl methyl sites for hydroxylation is 1. The molecular formula is C19H19N3O2. The van der Waals surface area contributed by atoms with E-state index >= 15 is 0 Å². The van der Waals surface area contributed by atoms with Crippen molar-refractivity contribution in [2.45, 2.75) is 24.8 Å². The van der Waals surface area contributed by atoms with E-state index in [0.717, 1.165) is 30.4 Å². The van der Waals surface area contributed by atoms with E-state index in [9.17, 15) is 9.59 Å². The third kappa shape index (κ3) is 2.56. The van der Waals surface area contributed by atoms with Gasteiger partial charge in [0.05, 0.1) is 5.54 Å². The van der Waals surface area contributed by atoms with Crippen LogP contribution >= 0.6 is 0 Å². The van der Waals surface area contributed by atoms with Crippen molar-refractivity contribution in [3.8, 4) is 0 Å². The summed E-state index contributed by atoms with van der Waals surface area (Å²) in [7, 11) is 0. The number of rotatable bonds is 1. The molecule has 4 rings (SSSR count). The summed E-state index contributed by atoms with van der Waals surface area (Å²) in [5.41, 5.74) is 1.96. The minimum atomic E-state index is -0.333. The molecular weight excluding hydrogens is 302 g/mol. The molecule has 1 atom stereocenters. The van der Waals surface area contributed by atoms with Crippen LogP contribution in [0.15, 0.2) is 48.7 Å². The summed E-state index contributed by atoms with van der Waals surface area (Å²) in [6.45, 7) is 1.19. The van der Waals surface area contributed by atoms with Crippen LogP contribution in [0.3, 0.4) is 0 Å². The molecule has 5 heteroatoms. The first-order valence-corrected chi connectivity index (χ1v) is 8.28. The number of nitrogens with one attached hydrogen (secondary N) is 1. The lowest BCUT2D eigenvalue weighted by atomic mass is 9.91. The van der Waals surface area contributed by atoms with Gasteiger partial charge in [-0.05, 0) is 43.0 Å². The van der Waals surface area contributed by atoms with E-state index in [1.54, 1.807) is 23.2 Å². The summed E-state index contributed by atoms with van der Waals surface area (Å²) in [6, 6.07) is 13.1. The fourth-order valence-corrected chi connectivity index (χ4v) is 3.71. The maximum absolute atomic E-state index is 12.6. The van der Waals surface area contributed by atoms with Crippen LogP contribution in [-0.4, -0.2) is 40.3 Å². The van der Waals surface area contributed by atoms with Crippen molar-refractivity contribution in [1.29, 1.82) is 0 Å². The van der Waals surface area contributed by atoms with E-state index in [4.69, 9.17) is 0 Å². The molecule has 1 saturated heterocycles. The maximum Gasteiger partial charge on any atom is 0.272 e. The summed E-state index contributed by atoms with van der Waals surface area (Å²) in [5, 5.41) is 3.19. The third-order valence-corrected chi connectivity index (χ3v) is 5.04. The van der Waals surface area contributed by atoms with Gasteiger partial charge in [0, 0.05) is 24.8 Å². The lowest BCUT2D eigenvalue weighted by Crippen LogP contribution is -2.50. The van der Waals surface area contributed by atoms with Gasteiger partial charge >= 0.3 is 0 Å². The first kappa shape index (κ1) is 14.9. The molecule has 2 aliphatic heterocycles. The van der Waals surface area contributed by atoms with Gasteiger partial charge in [0.15, 0.2) is 0 Å². The number of likely N-dealkylation sites (tertiary alicyclic amines) is 1. The summed E-state index contributed by atoms with van der Waals surface area (Å²) in [4.78, 5) is 31.1. The van der Waals surface area contributed by atoms with Gasteiger partial charge in [-0.25, -0.2) is 0 Å². The highest BCUT2D eigenvalue weighted by Crippen LogP contribution is 2.31. The van der Waals surface area contributed by atoms with Gasteiger partial charge in [-0.3, -0.25) is 14.6 Å². The molecule has 0 bridgehead atoms. The van der Waals surface area contributed by atoms with E-state index in [2.05, 4.69) is 10.3 Å². The van der Waals surface area contributed by atoms with Crippen molar-refractivity contribution in [2.75, 3.05) is 13.1 Å². The highest BCUT2D eigenvalue weighted by atomic mass is 16.2. The normalized spacial score (nSPS) is 22.8. The first-order chi connectivity index (χ1) is 11.7. The molecule has 2 aliphatic rings. The summed E-state index contributed by atoms with van der Waals surface area (Å²) >= 11 is 0. The topological polar surface area (TPSA) is 62.3 Å². The number of fused-ring (bicyclic) bond motifs is 1. The molecule has 1 fully saturated rings. The van der Waals surface area contributed by atoms with Crippen LogP contribution < -0.4 is 5.32 Å². The molecule has 0 radical (unpaired) electrons. The maximum atomic E-state index is 12.6. The van der Waals surface area contributed by atoms with Crippen LogP contribution in [0.1, 0.15) is 39.3 Å². The highest BCUT2D eigenvalue weighted by molar-refractivity contribution is 5.97. The molecule has 2 amide bonds. The van der Waals surface area contributed by atoms with Crippen LogP contribution in [-0.2, 0) is 6.42 Å². The second-order valence-electron chi connectivity index (χ2n) is 6.58. The predicted molar refractivity (Wildman–Crippen MR) is 89.7 cm³/mol. The lowest BCUT2D eigenvalue weighted by molar-refractivity contribution is 0.0759. The molecule has 5 nitrogen and oxygen atoms in total. The number of nitrogens with zero attached hydrogens (tertiary/aromatic N) is 2. The quantitative estimate of drug-likeness (QED) is 0.874. The molecule has 1 aromatic carbocycles. The molecule has 122 valence electrons. The summed E-state index contributed by atoms with van der Waals surface area (Å²) in [6.07, 6.45) is 4.11. The number of hydrogen-bond acceptors (Lipinski definition) is 3. The Morgan fingerprint density at radius 2 is 1.96 bits per heavy atom. The molecule has 24 heavy (non-hydrogen) atoms. The number of hydrogen-bond donors (Lipinski definition) is 1. The monoisotopic (exact) mass is 321 g/mol. The molecule has 2 aromatic rings. The number of benzene rings is 1. The van der Waals surface area contributed by atoms with Crippen LogP contribution in [0, 0.1) is 0 Å². The van der Waals surface area contributed by atoms with E-state index in [1.165, 1.54) is 0 Å². The van der Waals surface area contributed by atoms with Crippen LogP contribution in [0.4, 0.5) is 0 Å². The van der Waals surface area contributed by atoms with Gasteiger partial charge in [0.1, 0.15) is 5.69 Å². The zero-order valence-electron chi connectivity index (χ0n) is 13.4. The van der Waals surface area contributed by atoms with Gasteiger partial charge in [-0.1, -0.05) is 24.3 Å². The van der Waals surface area contributed by atoms with Gasteiger partial charge < -0.3 is 10.2 Å². The Bertz CT molecular complexity index is 790. The van der Waals surface area contributed by atoms with Gasteiger partial charge in [0.25, 0.3) is 11.8 Å². The minimum absolute atomic E-state index is 0.0322. The van der Waals surface area contributed by atoms with Crippen LogP contribution in [0.2, 0.25) is 0 Å². The Kier molecular flexibility index (Phi) is 3.56. The van der Waals surface area contributed by atoms with Gasteiger partial charge in [0.2, 0.25) is 0 Å². The smallest absolute Gasteiger partial charge is 0.272 e. The van der Waals surface area contributed by atoms with Crippen molar-refractivity contribution in [2.24, 2.45) is 0 Å². The molecule has 1 spiro atoms. The minimum Gasteiger partial charge on any atom is -0.345 e. The van der Waals surface area contributed by atoms with Crippen molar-refractivity contribution in [1.82, 2.24) is 15.2 Å². The fraction of sp³-hybridized carbons (Fsp3) is 0.316. The zero-order chi connectivity index (χ0) is 16.6. The molecule has 3 heterocycles. The number of pyridine rings is 1. The van der Waals surface area contributed by atoms with E-state index in [1.807, 2.05) is 30.3 Å². The zero-order valence-corrected chi connectivity index (χ0v) is 13.4. The number of aromatic nitrogens is 1. The van der Waals surface area contributed by atoms with E-state index in [0.29, 0.717) is 18.8 Å². The Morgan fingerprint density at radius 1 is 1.12 bits per heavy atom.